The van der Waals surface area contributed by atoms with Crippen molar-refractivity contribution < 1.29 is 13.6 Å². The quantitative estimate of drug-likeness (QED) is 0.640. The van der Waals surface area contributed by atoms with Gasteiger partial charge in [0.1, 0.15) is 10.7 Å². The van der Waals surface area contributed by atoms with Crippen LogP contribution in [0.15, 0.2) is 24.5 Å². The summed E-state index contributed by atoms with van der Waals surface area (Å²) < 4.78 is 30.1. The van der Waals surface area contributed by atoms with Gasteiger partial charge in [0.25, 0.3) is 5.91 Å². The minimum Gasteiger partial charge on any atom is -0.320 e. The number of hydrogen-bond acceptors (Lipinski definition) is 3. The molecule has 3 aromatic rings. The van der Waals surface area contributed by atoms with E-state index in [-0.39, 0.29) is 16.2 Å². The number of aryl methyl sites for hydroxylation is 1. The van der Waals surface area contributed by atoms with Crippen LogP contribution in [-0.4, -0.2) is 15.3 Å². The first kappa shape index (κ1) is 18.1. The van der Waals surface area contributed by atoms with E-state index in [1.807, 2.05) is 0 Å². The number of carbonyl (C=O) groups excluding carboxylic acids is 1. The molecule has 0 aromatic carbocycles. The summed E-state index contributed by atoms with van der Waals surface area (Å²) in [6.45, 7) is 3.98. The van der Waals surface area contributed by atoms with Crippen LogP contribution in [0.4, 0.5) is 14.5 Å². The Bertz CT molecular complexity index is 1010. The molecule has 0 radical (unpaired) electrons. The average Bonchev–Trinajstić information content (AvgIpc) is 3.17. The summed E-state index contributed by atoms with van der Waals surface area (Å²) in [5, 5.41) is 2.61. The van der Waals surface area contributed by atoms with Gasteiger partial charge in [-0.05, 0) is 37.7 Å². The Kier molecular flexibility index (Phi) is 4.72. The van der Waals surface area contributed by atoms with Crippen molar-refractivity contribution in [2.75, 3.05) is 5.32 Å². The van der Waals surface area contributed by atoms with E-state index in [1.165, 1.54) is 34.3 Å². The maximum absolute atomic E-state index is 14.4. The zero-order chi connectivity index (χ0) is 19.1. The number of imidazole rings is 1. The SMILES string of the molecule is Cc1cn2cc(NC(=O)c3sc(C4CCCC(C)C4)cc3F)cc(F)c2n1. The fraction of sp³-hybridized carbons (Fsp3) is 0.400. The first-order chi connectivity index (χ1) is 12.9. The highest BCUT2D eigenvalue weighted by Gasteiger charge is 2.25. The molecule has 0 bridgehead atoms. The highest BCUT2D eigenvalue weighted by atomic mass is 32.1. The van der Waals surface area contributed by atoms with Gasteiger partial charge in [0, 0.05) is 23.3 Å². The Morgan fingerprint density at radius 2 is 2.07 bits per heavy atom. The highest BCUT2D eigenvalue weighted by molar-refractivity contribution is 7.14. The Labute approximate surface area is 160 Å². The van der Waals surface area contributed by atoms with Gasteiger partial charge in [-0.1, -0.05) is 19.8 Å². The van der Waals surface area contributed by atoms with Crippen molar-refractivity contribution in [1.29, 1.82) is 0 Å². The molecular formula is C20H21F2N3OS. The number of pyridine rings is 1. The van der Waals surface area contributed by atoms with Crippen LogP contribution in [0.25, 0.3) is 5.65 Å². The van der Waals surface area contributed by atoms with Crippen molar-refractivity contribution in [2.24, 2.45) is 5.92 Å². The van der Waals surface area contributed by atoms with Crippen LogP contribution in [0.1, 0.15) is 58.8 Å². The number of fused-ring (bicyclic) bond motifs is 1. The number of anilines is 1. The molecule has 4 rings (SSSR count). The average molecular weight is 389 g/mol. The van der Waals surface area contributed by atoms with Gasteiger partial charge in [0.05, 0.1) is 11.4 Å². The largest absolute Gasteiger partial charge is 0.320 e. The summed E-state index contributed by atoms with van der Waals surface area (Å²) in [6, 6.07) is 2.69. The lowest BCUT2D eigenvalue weighted by Gasteiger charge is -2.25. The molecule has 1 saturated carbocycles. The number of nitrogens with zero attached hydrogens (tertiary/aromatic N) is 2. The standard InChI is InChI=1S/C20H21F2N3OS/c1-11-4-3-5-13(6-11)17-8-15(21)18(27-17)20(26)24-14-7-16(22)19-23-12(2)9-25(19)10-14/h7-11,13H,3-6H2,1-2H3,(H,24,26). The predicted molar refractivity (Wildman–Crippen MR) is 102 cm³/mol. The Morgan fingerprint density at radius 1 is 1.26 bits per heavy atom. The van der Waals surface area contributed by atoms with E-state index in [9.17, 15) is 13.6 Å². The van der Waals surface area contributed by atoms with Gasteiger partial charge in [-0.2, -0.15) is 0 Å². The Balaban J connectivity index is 1.56. The molecule has 27 heavy (non-hydrogen) atoms. The van der Waals surface area contributed by atoms with Gasteiger partial charge in [-0.25, -0.2) is 13.8 Å². The van der Waals surface area contributed by atoms with E-state index in [2.05, 4.69) is 17.2 Å². The predicted octanol–water partition coefficient (Wildman–Crippen LogP) is 5.53. The van der Waals surface area contributed by atoms with Crippen molar-refractivity contribution in [1.82, 2.24) is 9.38 Å². The van der Waals surface area contributed by atoms with Gasteiger partial charge in [-0.3, -0.25) is 4.79 Å². The maximum Gasteiger partial charge on any atom is 0.268 e. The van der Waals surface area contributed by atoms with E-state index in [0.717, 1.165) is 24.1 Å². The van der Waals surface area contributed by atoms with E-state index in [1.54, 1.807) is 19.3 Å². The molecule has 1 aliphatic carbocycles. The first-order valence-electron chi connectivity index (χ1n) is 9.16. The van der Waals surface area contributed by atoms with Gasteiger partial charge >= 0.3 is 0 Å². The van der Waals surface area contributed by atoms with Crippen molar-refractivity contribution in [3.63, 3.8) is 0 Å². The monoisotopic (exact) mass is 389 g/mol. The fourth-order valence-electron chi connectivity index (χ4n) is 3.87. The smallest absolute Gasteiger partial charge is 0.268 e. The van der Waals surface area contributed by atoms with Crippen LogP contribution >= 0.6 is 11.3 Å². The topological polar surface area (TPSA) is 46.4 Å². The molecule has 0 aliphatic heterocycles. The lowest BCUT2D eigenvalue weighted by atomic mass is 9.82. The van der Waals surface area contributed by atoms with Crippen LogP contribution in [0, 0.1) is 24.5 Å². The van der Waals surface area contributed by atoms with Crippen LogP contribution in [-0.2, 0) is 0 Å². The Hall–Kier alpha value is -2.28. The molecule has 7 heteroatoms. The number of hydrogen-bond donors (Lipinski definition) is 1. The summed E-state index contributed by atoms with van der Waals surface area (Å²) in [7, 11) is 0. The van der Waals surface area contributed by atoms with Crippen LogP contribution in [0.5, 0.6) is 0 Å². The summed E-state index contributed by atoms with van der Waals surface area (Å²) >= 11 is 1.21. The third-order valence-electron chi connectivity index (χ3n) is 5.14. The summed E-state index contributed by atoms with van der Waals surface area (Å²) in [5.41, 5.74) is 1.14. The van der Waals surface area contributed by atoms with Crippen LogP contribution in [0.2, 0.25) is 0 Å². The van der Waals surface area contributed by atoms with Gasteiger partial charge in [0.15, 0.2) is 11.5 Å². The second-order valence-electron chi connectivity index (χ2n) is 7.44. The third kappa shape index (κ3) is 3.60. The molecule has 3 heterocycles. The van der Waals surface area contributed by atoms with E-state index < -0.39 is 17.5 Å². The first-order valence-corrected chi connectivity index (χ1v) is 9.98. The minimum absolute atomic E-state index is 0.0468. The molecule has 1 N–H and O–H groups in total. The van der Waals surface area contributed by atoms with Gasteiger partial charge in [-0.15, -0.1) is 11.3 Å². The number of nitrogens with one attached hydrogen (secondary N) is 1. The second-order valence-corrected chi connectivity index (χ2v) is 8.52. The number of halogens is 2. The van der Waals surface area contributed by atoms with Crippen molar-refractivity contribution in [3.8, 4) is 0 Å². The number of rotatable bonds is 3. The highest BCUT2D eigenvalue weighted by Crippen LogP contribution is 2.39. The second kappa shape index (κ2) is 7.03. The molecule has 1 amide bonds. The minimum atomic E-state index is -0.553. The molecule has 2 unspecified atom stereocenters. The molecule has 142 valence electrons. The number of carbonyl (C=O) groups is 1. The maximum atomic E-state index is 14.4. The lowest BCUT2D eigenvalue weighted by Crippen LogP contribution is -2.12. The molecular weight excluding hydrogens is 368 g/mol. The molecule has 3 aromatic heterocycles. The summed E-state index contributed by atoms with van der Waals surface area (Å²) in [4.78, 5) is 17.6. The van der Waals surface area contributed by atoms with Crippen molar-refractivity contribution >= 4 is 28.6 Å². The van der Waals surface area contributed by atoms with Crippen molar-refractivity contribution in [2.45, 2.75) is 45.4 Å². The number of aromatic nitrogens is 2. The van der Waals surface area contributed by atoms with Crippen molar-refractivity contribution in [3.05, 3.63) is 51.6 Å². The molecule has 0 saturated heterocycles. The fourth-order valence-corrected chi connectivity index (χ4v) is 4.95. The zero-order valence-electron chi connectivity index (χ0n) is 15.3. The number of thiophene rings is 1. The molecule has 1 fully saturated rings. The van der Waals surface area contributed by atoms with E-state index in [0.29, 0.717) is 17.5 Å². The van der Waals surface area contributed by atoms with Crippen LogP contribution < -0.4 is 5.32 Å². The van der Waals surface area contributed by atoms with Gasteiger partial charge in [0.2, 0.25) is 0 Å². The molecule has 2 atom stereocenters. The molecule has 1 aliphatic rings. The third-order valence-corrected chi connectivity index (χ3v) is 6.41. The van der Waals surface area contributed by atoms with Crippen LogP contribution in [0.3, 0.4) is 0 Å². The Morgan fingerprint density at radius 3 is 2.85 bits per heavy atom. The van der Waals surface area contributed by atoms with E-state index in [4.69, 9.17) is 0 Å². The normalized spacial score (nSPS) is 20.1. The summed E-state index contributed by atoms with van der Waals surface area (Å²) in [5.74, 6) is -0.657. The number of amides is 1. The molecule has 0 spiro atoms. The zero-order valence-corrected chi connectivity index (χ0v) is 16.1. The summed E-state index contributed by atoms with van der Waals surface area (Å²) in [6.07, 6.45) is 7.65. The van der Waals surface area contributed by atoms with E-state index >= 15 is 0 Å². The molecule has 4 nitrogen and oxygen atoms in total. The van der Waals surface area contributed by atoms with Gasteiger partial charge < -0.3 is 9.72 Å². The lowest BCUT2D eigenvalue weighted by molar-refractivity contribution is 0.102.